The predicted molar refractivity (Wildman–Crippen MR) is 86.6 cm³/mol. The third kappa shape index (κ3) is 3.10. The van der Waals surface area contributed by atoms with Gasteiger partial charge in [0.1, 0.15) is 6.10 Å². The summed E-state index contributed by atoms with van der Waals surface area (Å²) in [4.78, 5) is 0. The van der Waals surface area contributed by atoms with Crippen molar-refractivity contribution in [3.63, 3.8) is 0 Å². The van der Waals surface area contributed by atoms with E-state index in [9.17, 15) is 5.11 Å². The van der Waals surface area contributed by atoms with Gasteiger partial charge in [0.15, 0.2) is 0 Å². The number of halogens is 2. The SMILES string of the molecule is Cc1ccc(C(O)c2cc(C)c(Br)cc2C)c(Br)c1. The van der Waals surface area contributed by atoms with Crippen LogP contribution in [0.1, 0.15) is 33.9 Å². The summed E-state index contributed by atoms with van der Waals surface area (Å²) in [5.41, 5.74) is 5.23. The lowest BCUT2D eigenvalue weighted by molar-refractivity contribution is 0.218. The monoisotopic (exact) mass is 382 g/mol. The van der Waals surface area contributed by atoms with E-state index in [2.05, 4.69) is 37.9 Å². The van der Waals surface area contributed by atoms with Gasteiger partial charge < -0.3 is 5.11 Å². The van der Waals surface area contributed by atoms with Crippen molar-refractivity contribution >= 4 is 31.9 Å². The average Bonchev–Trinajstić information content (AvgIpc) is 2.33. The molecular formula is C16H16Br2O. The molecule has 2 rings (SSSR count). The average molecular weight is 384 g/mol. The number of hydrogen-bond acceptors (Lipinski definition) is 1. The molecule has 0 saturated heterocycles. The number of hydrogen-bond donors (Lipinski definition) is 1. The molecule has 0 heterocycles. The first-order valence-corrected chi connectivity index (χ1v) is 7.69. The third-order valence-corrected chi connectivity index (χ3v) is 4.83. The summed E-state index contributed by atoms with van der Waals surface area (Å²) in [6, 6.07) is 10.1. The summed E-state index contributed by atoms with van der Waals surface area (Å²) in [5, 5.41) is 10.6. The third-order valence-electron chi connectivity index (χ3n) is 3.29. The predicted octanol–water partition coefficient (Wildman–Crippen LogP) is 5.22. The summed E-state index contributed by atoms with van der Waals surface area (Å²) in [5.74, 6) is 0. The summed E-state index contributed by atoms with van der Waals surface area (Å²) in [6.07, 6.45) is -0.609. The highest BCUT2D eigenvalue weighted by Gasteiger charge is 2.16. The smallest absolute Gasteiger partial charge is 0.105 e. The second kappa shape index (κ2) is 5.78. The molecule has 0 fully saturated rings. The van der Waals surface area contributed by atoms with E-state index >= 15 is 0 Å². The molecule has 1 nitrogen and oxygen atoms in total. The van der Waals surface area contributed by atoms with E-state index in [0.29, 0.717) is 0 Å². The molecule has 0 aliphatic rings. The molecule has 1 atom stereocenters. The van der Waals surface area contributed by atoms with Crippen molar-refractivity contribution in [3.8, 4) is 0 Å². The van der Waals surface area contributed by atoms with Crippen LogP contribution >= 0.6 is 31.9 Å². The Labute approximate surface area is 130 Å². The summed E-state index contributed by atoms with van der Waals surface area (Å²) in [7, 11) is 0. The molecule has 0 aromatic heterocycles. The lowest BCUT2D eigenvalue weighted by Gasteiger charge is -2.17. The molecule has 2 aromatic rings. The minimum atomic E-state index is -0.609. The Morgan fingerprint density at radius 1 is 0.842 bits per heavy atom. The quantitative estimate of drug-likeness (QED) is 0.753. The number of aliphatic hydroxyl groups is 1. The molecule has 0 spiro atoms. The zero-order valence-corrected chi connectivity index (χ0v) is 14.3. The maximum Gasteiger partial charge on any atom is 0.105 e. The molecule has 0 amide bonds. The molecule has 0 bridgehead atoms. The maximum atomic E-state index is 10.6. The number of rotatable bonds is 2. The Bertz CT molecular complexity index is 620. The van der Waals surface area contributed by atoms with Crippen molar-refractivity contribution in [2.45, 2.75) is 26.9 Å². The van der Waals surface area contributed by atoms with Gasteiger partial charge in [0.05, 0.1) is 0 Å². The molecule has 100 valence electrons. The van der Waals surface area contributed by atoms with Crippen LogP contribution < -0.4 is 0 Å². The number of aryl methyl sites for hydroxylation is 3. The summed E-state index contributed by atoms with van der Waals surface area (Å²) < 4.78 is 2.02. The Hall–Kier alpha value is -0.640. The van der Waals surface area contributed by atoms with Crippen LogP contribution in [0.2, 0.25) is 0 Å². The van der Waals surface area contributed by atoms with Gasteiger partial charge in [-0.25, -0.2) is 0 Å². The number of aliphatic hydroxyl groups excluding tert-OH is 1. The fourth-order valence-corrected chi connectivity index (χ4v) is 3.29. The Morgan fingerprint density at radius 2 is 1.53 bits per heavy atom. The molecule has 2 aromatic carbocycles. The van der Waals surface area contributed by atoms with Gasteiger partial charge in [-0.2, -0.15) is 0 Å². The van der Waals surface area contributed by atoms with E-state index in [4.69, 9.17) is 0 Å². The minimum absolute atomic E-state index is 0.609. The molecule has 3 heteroatoms. The van der Waals surface area contributed by atoms with Crippen LogP contribution in [0.15, 0.2) is 39.3 Å². The zero-order chi connectivity index (χ0) is 14.2. The summed E-state index contributed by atoms with van der Waals surface area (Å²) in [6.45, 7) is 6.09. The van der Waals surface area contributed by atoms with Crippen LogP contribution in [0.5, 0.6) is 0 Å². The van der Waals surface area contributed by atoms with Crippen molar-refractivity contribution in [1.82, 2.24) is 0 Å². The maximum absolute atomic E-state index is 10.6. The fourth-order valence-electron chi connectivity index (χ4n) is 2.12. The molecule has 1 N–H and O–H groups in total. The Morgan fingerprint density at radius 3 is 2.16 bits per heavy atom. The van der Waals surface area contributed by atoms with E-state index in [-0.39, 0.29) is 0 Å². The molecule has 0 radical (unpaired) electrons. The first-order chi connectivity index (χ1) is 8.90. The van der Waals surface area contributed by atoms with Crippen molar-refractivity contribution in [2.75, 3.05) is 0 Å². The van der Waals surface area contributed by atoms with Gasteiger partial charge in [-0.1, -0.05) is 50.1 Å². The van der Waals surface area contributed by atoms with Gasteiger partial charge in [-0.05, 0) is 60.7 Å². The van der Waals surface area contributed by atoms with Crippen LogP contribution in [-0.4, -0.2) is 5.11 Å². The first-order valence-electron chi connectivity index (χ1n) is 6.11. The summed E-state index contributed by atoms with van der Waals surface area (Å²) >= 11 is 7.05. The van der Waals surface area contributed by atoms with Gasteiger partial charge in [-0.3, -0.25) is 0 Å². The highest BCUT2D eigenvalue weighted by atomic mass is 79.9. The van der Waals surface area contributed by atoms with Crippen LogP contribution in [-0.2, 0) is 0 Å². The highest BCUT2D eigenvalue weighted by molar-refractivity contribution is 9.10. The standard InChI is InChI=1S/C16H16Br2O/c1-9-4-5-12(15(18)6-9)16(19)13-7-11(3)14(17)8-10(13)2/h4-8,16,19H,1-3H3. The normalized spacial score (nSPS) is 12.5. The molecule has 0 saturated carbocycles. The van der Waals surface area contributed by atoms with E-state index in [1.807, 2.05) is 45.0 Å². The van der Waals surface area contributed by atoms with E-state index in [1.54, 1.807) is 0 Å². The zero-order valence-electron chi connectivity index (χ0n) is 11.2. The molecular weight excluding hydrogens is 368 g/mol. The van der Waals surface area contributed by atoms with Gasteiger partial charge in [0, 0.05) is 8.95 Å². The van der Waals surface area contributed by atoms with Gasteiger partial charge in [0.2, 0.25) is 0 Å². The van der Waals surface area contributed by atoms with Crippen molar-refractivity contribution < 1.29 is 5.11 Å². The van der Waals surface area contributed by atoms with E-state index in [0.717, 1.165) is 31.2 Å². The molecule has 0 aliphatic carbocycles. The van der Waals surface area contributed by atoms with Crippen LogP contribution in [0, 0.1) is 20.8 Å². The van der Waals surface area contributed by atoms with Gasteiger partial charge >= 0.3 is 0 Å². The second-order valence-corrected chi connectivity index (χ2v) is 6.59. The van der Waals surface area contributed by atoms with Crippen LogP contribution in [0.4, 0.5) is 0 Å². The fraction of sp³-hybridized carbons (Fsp3) is 0.250. The molecule has 0 aliphatic heterocycles. The van der Waals surface area contributed by atoms with Crippen LogP contribution in [0.3, 0.4) is 0 Å². The van der Waals surface area contributed by atoms with Crippen LogP contribution in [0.25, 0.3) is 0 Å². The van der Waals surface area contributed by atoms with E-state index in [1.165, 1.54) is 5.56 Å². The topological polar surface area (TPSA) is 20.2 Å². The first kappa shape index (κ1) is 14.8. The number of benzene rings is 2. The Balaban J connectivity index is 2.49. The molecule has 1 unspecified atom stereocenters. The minimum Gasteiger partial charge on any atom is -0.384 e. The van der Waals surface area contributed by atoms with Gasteiger partial charge in [0.25, 0.3) is 0 Å². The Kier molecular flexibility index (Phi) is 4.49. The van der Waals surface area contributed by atoms with Crippen molar-refractivity contribution in [2.24, 2.45) is 0 Å². The second-order valence-electron chi connectivity index (χ2n) is 4.89. The lowest BCUT2D eigenvalue weighted by atomic mass is 9.95. The highest BCUT2D eigenvalue weighted by Crippen LogP contribution is 2.33. The lowest BCUT2D eigenvalue weighted by Crippen LogP contribution is -2.04. The van der Waals surface area contributed by atoms with Crippen molar-refractivity contribution in [1.29, 1.82) is 0 Å². The van der Waals surface area contributed by atoms with Gasteiger partial charge in [-0.15, -0.1) is 0 Å². The largest absolute Gasteiger partial charge is 0.384 e. The van der Waals surface area contributed by atoms with E-state index < -0.39 is 6.10 Å². The molecule has 19 heavy (non-hydrogen) atoms. The van der Waals surface area contributed by atoms with Crippen molar-refractivity contribution in [3.05, 3.63) is 67.1 Å².